The molecule has 3 rings (SSSR count). The van der Waals surface area contributed by atoms with Crippen molar-refractivity contribution in [2.24, 2.45) is 5.92 Å². The molecule has 1 heterocycles. The van der Waals surface area contributed by atoms with E-state index >= 15 is 0 Å². The quantitative estimate of drug-likeness (QED) is 0.543. The number of aliphatic carboxylic acids is 1. The first kappa shape index (κ1) is 25.7. The third-order valence-corrected chi connectivity index (χ3v) is 5.60. The van der Waals surface area contributed by atoms with Crippen LogP contribution >= 0.6 is 0 Å². The summed E-state index contributed by atoms with van der Waals surface area (Å²) in [5.41, 5.74) is 1.29. The average Bonchev–Trinajstić information content (AvgIpc) is 3.18. The molecule has 0 bridgehead atoms. The lowest BCUT2D eigenvalue weighted by Gasteiger charge is -2.32. The fourth-order valence-corrected chi connectivity index (χ4v) is 4.20. The number of rotatable bonds is 6. The topological polar surface area (TPSA) is 125 Å². The van der Waals surface area contributed by atoms with E-state index in [1.807, 2.05) is 13.0 Å². The van der Waals surface area contributed by atoms with Gasteiger partial charge in [0.25, 0.3) is 0 Å². The fraction of sp³-hybridized carbons (Fsp3) is 0.385. The van der Waals surface area contributed by atoms with Crippen molar-refractivity contribution in [3.05, 3.63) is 65.7 Å². The molecule has 0 aromatic heterocycles. The second kappa shape index (κ2) is 10.6. The number of ether oxygens (including phenoxy) is 1. The highest BCUT2D eigenvalue weighted by molar-refractivity contribution is 5.94. The Morgan fingerprint density at radius 1 is 1.06 bits per heavy atom. The maximum absolute atomic E-state index is 13.4. The van der Waals surface area contributed by atoms with Crippen molar-refractivity contribution in [2.75, 3.05) is 11.9 Å². The number of hydrogen-bond acceptors (Lipinski definition) is 5. The molecular formula is C26H31N3O6. The fourth-order valence-electron chi connectivity index (χ4n) is 4.20. The van der Waals surface area contributed by atoms with Gasteiger partial charge >= 0.3 is 18.0 Å². The van der Waals surface area contributed by atoms with Crippen molar-refractivity contribution in [3.8, 4) is 0 Å². The van der Waals surface area contributed by atoms with Crippen molar-refractivity contribution in [1.29, 1.82) is 0 Å². The molecule has 0 spiro atoms. The summed E-state index contributed by atoms with van der Waals surface area (Å²) in [5.74, 6) is -3.40. The molecule has 2 aromatic carbocycles. The van der Waals surface area contributed by atoms with E-state index in [-0.39, 0.29) is 6.42 Å². The maximum Gasteiger partial charge on any atom is 0.329 e. The summed E-state index contributed by atoms with van der Waals surface area (Å²) in [7, 11) is 0. The number of carboxylic acids is 1. The number of benzene rings is 2. The number of carboxylic acid groups (broad SMARTS) is 1. The highest BCUT2D eigenvalue weighted by Crippen LogP contribution is 2.42. The smallest absolute Gasteiger partial charge is 0.329 e. The molecule has 1 aliphatic heterocycles. The van der Waals surface area contributed by atoms with Crippen LogP contribution in [0.2, 0.25) is 0 Å². The minimum Gasteiger partial charge on any atom is -0.481 e. The standard InChI is InChI=1S/C26H31N3O6/c1-16-9-8-12-18(13-16)28-25(34)27-15-21(30)29-20(24(33)35-26(2,3)4)14-19(23(31)32)22(29)17-10-6-5-7-11-17/h5-13,19-20,22H,14-15H2,1-4H3,(H,31,32)(H2,27,28,34). The number of anilines is 1. The van der Waals surface area contributed by atoms with Gasteiger partial charge in [0.05, 0.1) is 18.5 Å². The predicted molar refractivity (Wildman–Crippen MR) is 130 cm³/mol. The van der Waals surface area contributed by atoms with E-state index in [4.69, 9.17) is 4.74 Å². The van der Waals surface area contributed by atoms with E-state index in [9.17, 15) is 24.3 Å². The number of aryl methyl sites for hydroxylation is 1. The van der Waals surface area contributed by atoms with Gasteiger partial charge in [0.2, 0.25) is 5.91 Å². The number of carbonyl (C=O) groups excluding carboxylic acids is 3. The number of nitrogens with zero attached hydrogens (tertiary/aromatic N) is 1. The van der Waals surface area contributed by atoms with Gasteiger partial charge in [-0.1, -0.05) is 42.5 Å². The van der Waals surface area contributed by atoms with Crippen LogP contribution in [0.1, 0.15) is 44.4 Å². The summed E-state index contributed by atoms with van der Waals surface area (Å²) in [5, 5.41) is 15.1. The van der Waals surface area contributed by atoms with Crippen molar-refractivity contribution in [1.82, 2.24) is 10.2 Å². The van der Waals surface area contributed by atoms with Crippen LogP contribution in [-0.2, 0) is 19.1 Å². The Morgan fingerprint density at radius 2 is 1.74 bits per heavy atom. The van der Waals surface area contributed by atoms with Gasteiger partial charge in [-0.2, -0.15) is 0 Å². The Kier molecular flexibility index (Phi) is 7.78. The summed E-state index contributed by atoms with van der Waals surface area (Å²) >= 11 is 0. The first-order valence-electron chi connectivity index (χ1n) is 11.4. The molecule has 9 nitrogen and oxygen atoms in total. The molecule has 3 amide bonds. The molecule has 0 aliphatic carbocycles. The summed E-state index contributed by atoms with van der Waals surface area (Å²) in [4.78, 5) is 52.2. The molecule has 186 valence electrons. The zero-order valence-electron chi connectivity index (χ0n) is 20.3. The van der Waals surface area contributed by atoms with Crippen LogP contribution < -0.4 is 10.6 Å². The first-order chi connectivity index (χ1) is 16.5. The number of hydrogen-bond donors (Lipinski definition) is 3. The van der Waals surface area contributed by atoms with Gasteiger partial charge in [-0.25, -0.2) is 9.59 Å². The van der Waals surface area contributed by atoms with Crippen LogP contribution in [0, 0.1) is 12.8 Å². The summed E-state index contributed by atoms with van der Waals surface area (Å²) in [6, 6.07) is 13.3. The number of amides is 3. The van der Waals surface area contributed by atoms with E-state index in [1.165, 1.54) is 4.90 Å². The zero-order chi connectivity index (χ0) is 25.8. The van der Waals surface area contributed by atoms with Gasteiger partial charge in [0, 0.05) is 5.69 Å². The predicted octanol–water partition coefficient (Wildman–Crippen LogP) is 3.50. The Hall–Kier alpha value is -3.88. The lowest BCUT2D eigenvalue weighted by Crippen LogP contribution is -2.48. The number of esters is 1. The summed E-state index contributed by atoms with van der Waals surface area (Å²) in [6.07, 6.45) is -0.0922. The molecule has 0 saturated carbocycles. The highest BCUT2D eigenvalue weighted by atomic mass is 16.6. The molecule has 1 fully saturated rings. The SMILES string of the molecule is Cc1cccc(NC(=O)NCC(=O)N2C(C(=O)OC(C)(C)C)CC(C(=O)O)C2c2ccccc2)c1. The number of urea groups is 1. The van der Waals surface area contributed by atoms with Crippen LogP contribution in [0.15, 0.2) is 54.6 Å². The van der Waals surface area contributed by atoms with E-state index in [0.717, 1.165) is 5.56 Å². The third kappa shape index (κ3) is 6.59. The molecule has 9 heteroatoms. The van der Waals surface area contributed by atoms with Gasteiger partial charge < -0.3 is 25.4 Å². The average molecular weight is 482 g/mol. The van der Waals surface area contributed by atoms with Crippen molar-refractivity contribution >= 4 is 29.6 Å². The van der Waals surface area contributed by atoms with Gasteiger partial charge in [-0.15, -0.1) is 0 Å². The van der Waals surface area contributed by atoms with Gasteiger partial charge in [-0.05, 0) is 57.4 Å². The minimum absolute atomic E-state index is 0.0922. The molecule has 1 saturated heterocycles. The molecule has 0 radical (unpaired) electrons. The van der Waals surface area contributed by atoms with Crippen LogP contribution in [0.25, 0.3) is 0 Å². The molecule has 2 aromatic rings. The van der Waals surface area contributed by atoms with Crippen molar-refractivity contribution in [3.63, 3.8) is 0 Å². The molecule has 35 heavy (non-hydrogen) atoms. The van der Waals surface area contributed by atoms with Gasteiger partial charge in [0.15, 0.2) is 0 Å². The van der Waals surface area contributed by atoms with Crippen LogP contribution in [-0.4, -0.2) is 52.1 Å². The second-order valence-electron chi connectivity index (χ2n) is 9.56. The Labute approximate surface area is 204 Å². The van der Waals surface area contributed by atoms with Crippen LogP contribution in [0.3, 0.4) is 0 Å². The first-order valence-corrected chi connectivity index (χ1v) is 11.4. The number of likely N-dealkylation sites (tertiary alicyclic amines) is 1. The molecular weight excluding hydrogens is 450 g/mol. The normalized spacial score (nSPS) is 19.7. The van der Waals surface area contributed by atoms with Gasteiger partial charge in [0.1, 0.15) is 11.6 Å². The Morgan fingerprint density at radius 3 is 2.34 bits per heavy atom. The van der Waals surface area contributed by atoms with Crippen LogP contribution in [0.4, 0.5) is 10.5 Å². The van der Waals surface area contributed by atoms with Gasteiger partial charge in [-0.3, -0.25) is 9.59 Å². The van der Waals surface area contributed by atoms with E-state index < -0.39 is 54.0 Å². The van der Waals surface area contributed by atoms with E-state index in [0.29, 0.717) is 11.3 Å². The monoisotopic (exact) mass is 481 g/mol. The molecule has 3 unspecified atom stereocenters. The van der Waals surface area contributed by atoms with E-state index in [1.54, 1.807) is 69.3 Å². The third-order valence-electron chi connectivity index (χ3n) is 5.60. The van der Waals surface area contributed by atoms with Crippen molar-refractivity contribution in [2.45, 2.75) is 51.8 Å². The Bertz CT molecular complexity index is 1100. The summed E-state index contributed by atoms with van der Waals surface area (Å²) < 4.78 is 5.50. The second-order valence-corrected chi connectivity index (χ2v) is 9.56. The number of carbonyl (C=O) groups is 4. The lowest BCUT2D eigenvalue weighted by atomic mass is 9.93. The molecule has 1 aliphatic rings. The largest absolute Gasteiger partial charge is 0.481 e. The molecule has 3 atom stereocenters. The number of nitrogens with one attached hydrogen (secondary N) is 2. The van der Waals surface area contributed by atoms with Crippen molar-refractivity contribution < 1.29 is 29.0 Å². The minimum atomic E-state index is -1.12. The highest BCUT2D eigenvalue weighted by Gasteiger charge is 2.51. The van der Waals surface area contributed by atoms with Crippen LogP contribution in [0.5, 0.6) is 0 Å². The lowest BCUT2D eigenvalue weighted by molar-refractivity contribution is -0.164. The maximum atomic E-state index is 13.4. The zero-order valence-corrected chi connectivity index (χ0v) is 20.3. The Balaban J connectivity index is 1.84. The molecule has 3 N–H and O–H groups in total. The van der Waals surface area contributed by atoms with E-state index in [2.05, 4.69) is 10.6 Å². The summed E-state index contributed by atoms with van der Waals surface area (Å²) in [6.45, 7) is 6.57.